The highest BCUT2D eigenvalue weighted by Crippen LogP contribution is 2.24. The third-order valence-corrected chi connectivity index (χ3v) is 4.42. The fraction of sp³-hybridized carbons (Fsp3) is 0.857. The summed E-state index contributed by atoms with van der Waals surface area (Å²) in [7, 11) is 0. The molecule has 0 bridgehead atoms. The molecule has 20 heavy (non-hydrogen) atoms. The van der Waals surface area contributed by atoms with Gasteiger partial charge in [0.25, 0.3) is 0 Å². The molecule has 0 heterocycles. The van der Waals surface area contributed by atoms with E-state index in [2.05, 4.69) is 10.5 Å². The van der Waals surface area contributed by atoms with Gasteiger partial charge in [0.15, 0.2) is 5.84 Å². The number of hydrogen-bond donors (Lipinski definition) is 3. The lowest BCUT2D eigenvalue weighted by molar-refractivity contribution is 0.177. The van der Waals surface area contributed by atoms with Crippen LogP contribution in [-0.4, -0.2) is 40.6 Å². The number of urea groups is 1. The lowest BCUT2D eigenvalue weighted by atomic mass is 9.96. The summed E-state index contributed by atoms with van der Waals surface area (Å²) in [5, 5.41) is 14.9. The van der Waals surface area contributed by atoms with Crippen LogP contribution in [0.5, 0.6) is 0 Å². The Bertz CT molecular complexity index is 347. The standard InChI is InChI=1S/C14H26N4O2/c15-13(17-20)10-18(12-8-4-5-9-12)14(19)16-11-6-2-1-3-7-11/h11-12,20H,1-10H2,(H2,15,17)(H,16,19). The Hall–Kier alpha value is -1.46. The number of nitrogens with zero attached hydrogens (tertiary/aromatic N) is 2. The molecule has 2 aliphatic rings. The fourth-order valence-corrected chi connectivity index (χ4v) is 3.29. The van der Waals surface area contributed by atoms with E-state index in [0.29, 0.717) is 0 Å². The highest BCUT2D eigenvalue weighted by molar-refractivity contribution is 5.86. The van der Waals surface area contributed by atoms with Crippen LogP contribution in [0, 0.1) is 0 Å². The van der Waals surface area contributed by atoms with Gasteiger partial charge in [-0.2, -0.15) is 0 Å². The summed E-state index contributed by atoms with van der Waals surface area (Å²) >= 11 is 0. The van der Waals surface area contributed by atoms with Gasteiger partial charge in [-0.25, -0.2) is 4.79 Å². The molecule has 114 valence electrons. The number of amidine groups is 1. The van der Waals surface area contributed by atoms with E-state index < -0.39 is 0 Å². The van der Waals surface area contributed by atoms with E-state index in [1.165, 1.54) is 19.3 Å². The summed E-state index contributed by atoms with van der Waals surface area (Å²) in [5.41, 5.74) is 5.59. The van der Waals surface area contributed by atoms with Crippen LogP contribution >= 0.6 is 0 Å². The molecule has 2 saturated carbocycles. The topological polar surface area (TPSA) is 91.0 Å². The minimum Gasteiger partial charge on any atom is -0.409 e. The second kappa shape index (κ2) is 7.36. The van der Waals surface area contributed by atoms with Crippen LogP contribution in [0.4, 0.5) is 4.79 Å². The number of oxime groups is 1. The van der Waals surface area contributed by atoms with Crippen molar-refractivity contribution in [1.82, 2.24) is 10.2 Å². The first-order valence-electron chi connectivity index (χ1n) is 7.74. The molecule has 6 nitrogen and oxygen atoms in total. The number of nitrogens with one attached hydrogen (secondary N) is 1. The Labute approximate surface area is 120 Å². The van der Waals surface area contributed by atoms with Gasteiger partial charge in [-0.05, 0) is 25.7 Å². The van der Waals surface area contributed by atoms with Gasteiger partial charge in [0.1, 0.15) is 0 Å². The van der Waals surface area contributed by atoms with Crippen LogP contribution in [0.3, 0.4) is 0 Å². The predicted octanol–water partition coefficient (Wildman–Crippen LogP) is 2.02. The monoisotopic (exact) mass is 282 g/mol. The van der Waals surface area contributed by atoms with Crippen molar-refractivity contribution in [2.45, 2.75) is 69.9 Å². The molecule has 2 rings (SSSR count). The Morgan fingerprint density at radius 3 is 2.35 bits per heavy atom. The van der Waals surface area contributed by atoms with Crippen molar-refractivity contribution in [3.8, 4) is 0 Å². The lowest BCUT2D eigenvalue weighted by Crippen LogP contribution is -2.51. The number of amides is 2. The van der Waals surface area contributed by atoms with Crippen molar-refractivity contribution >= 4 is 11.9 Å². The Kier molecular flexibility index (Phi) is 5.49. The molecule has 0 atom stereocenters. The van der Waals surface area contributed by atoms with E-state index in [1.54, 1.807) is 4.90 Å². The van der Waals surface area contributed by atoms with E-state index in [1.807, 2.05) is 0 Å². The average molecular weight is 282 g/mol. The number of carbonyl (C=O) groups is 1. The summed E-state index contributed by atoms with van der Waals surface area (Å²) in [6.07, 6.45) is 10.1. The molecule has 4 N–H and O–H groups in total. The van der Waals surface area contributed by atoms with Crippen molar-refractivity contribution in [3.05, 3.63) is 0 Å². The van der Waals surface area contributed by atoms with Crippen LogP contribution in [0.1, 0.15) is 57.8 Å². The van der Waals surface area contributed by atoms with Gasteiger partial charge in [-0.3, -0.25) is 0 Å². The summed E-state index contributed by atoms with van der Waals surface area (Å²) in [6.45, 7) is 0.208. The molecular weight excluding hydrogens is 256 g/mol. The molecule has 0 aromatic heterocycles. The zero-order chi connectivity index (χ0) is 14.4. The summed E-state index contributed by atoms with van der Waals surface area (Å²) in [4.78, 5) is 14.2. The molecule has 2 fully saturated rings. The molecule has 0 saturated heterocycles. The van der Waals surface area contributed by atoms with Gasteiger partial charge < -0.3 is 21.2 Å². The highest BCUT2D eigenvalue weighted by atomic mass is 16.4. The lowest BCUT2D eigenvalue weighted by Gasteiger charge is -2.31. The number of hydrogen-bond acceptors (Lipinski definition) is 3. The molecule has 6 heteroatoms. The van der Waals surface area contributed by atoms with E-state index in [4.69, 9.17) is 10.9 Å². The van der Waals surface area contributed by atoms with Gasteiger partial charge in [-0.15, -0.1) is 0 Å². The first-order chi connectivity index (χ1) is 9.70. The van der Waals surface area contributed by atoms with E-state index in [-0.39, 0.29) is 30.5 Å². The number of nitrogens with two attached hydrogens (primary N) is 1. The molecule has 0 aromatic rings. The first-order valence-corrected chi connectivity index (χ1v) is 7.74. The quantitative estimate of drug-likeness (QED) is 0.319. The fourth-order valence-electron chi connectivity index (χ4n) is 3.29. The second-order valence-corrected chi connectivity index (χ2v) is 5.94. The van der Waals surface area contributed by atoms with Crippen molar-refractivity contribution < 1.29 is 10.0 Å². The average Bonchev–Trinajstić information content (AvgIpc) is 2.99. The van der Waals surface area contributed by atoms with Gasteiger partial charge in [-0.1, -0.05) is 37.3 Å². The SMILES string of the molecule is NC(CN(C(=O)NC1CCCCC1)C1CCCC1)=NO. The van der Waals surface area contributed by atoms with Crippen LogP contribution in [0.25, 0.3) is 0 Å². The zero-order valence-corrected chi connectivity index (χ0v) is 12.1. The molecule has 2 amide bonds. The molecule has 0 spiro atoms. The Morgan fingerprint density at radius 1 is 1.15 bits per heavy atom. The van der Waals surface area contributed by atoms with Crippen molar-refractivity contribution in [3.63, 3.8) is 0 Å². The van der Waals surface area contributed by atoms with Crippen molar-refractivity contribution in [2.24, 2.45) is 10.9 Å². The molecule has 0 aromatic carbocycles. The molecule has 0 aliphatic heterocycles. The maximum Gasteiger partial charge on any atom is 0.318 e. The zero-order valence-electron chi connectivity index (χ0n) is 12.1. The van der Waals surface area contributed by atoms with Crippen LogP contribution in [0.2, 0.25) is 0 Å². The molecule has 2 aliphatic carbocycles. The first kappa shape index (κ1) is 14.9. The summed E-state index contributed by atoms with van der Waals surface area (Å²) in [6, 6.07) is 0.446. The Balaban J connectivity index is 1.94. The second-order valence-electron chi connectivity index (χ2n) is 5.94. The smallest absolute Gasteiger partial charge is 0.318 e. The van der Waals surface area contributed by atoms with Gasteiger partial charge in [0.2, 0.25) is 0 Å². The highest BCUT2D eigenvalue weighted by Gasteiger charge is 2.29. The molecular formula is C14H26N4O2. The summed E-state index contributed by atoms with van der Waals surface area (Å²) < 4.78 is 0. The van der Waals surface area contributed by atoms with Crippen molar-refractivity contribution in [2.75, 3.05) is 6.54 Å². The maximum absolute atomic E-state index is 12.5. The minimum atomic E-state index is -0.0598. The van der Waals surface area contributed by atoms with Gasteiger partial charge in [0.05, 0.1) is 6.54 Å². The molecule has 0 unspecified atom stereocenters. The van der Waals surface area contributed by atoms with E-state index in [0.717, 1.165) is 38.5 Å². The van der Waals surface area contributed by atoms with Crippen LogP contribution < -0.4 is 11.1 Å². The van der Waals surface area contributed by atoms with Crippen LogP contribution in [-0.2, 0) is 0 Å². The van der Waals surface area contributed by atoms with Gasteiger partial charge >= 0.3 is 6.03 Å². The normalized spacial score (nSPS) is 21.9. The number of carbonyl (C=O) groups excluding carboxylic acids is 1. The van der Waals surface area contributed by atoms with Crippen LogP contribution in [0.15, 0.2) is 5.16 Å². The third-order valence-electron chi connectivity index (χ3n) is 4.42. The number of rotatable bonds is 4. The maximum atomic E-state index is 12.5. The van der Waals surface area contributed by atoms with E-state index >= 15 is 0 Å². The summed E-state index contributed by atoms with van der Waals surface area (Å²) in [5.74, 6) is 0.0932. The van der Waals surface area contributed by atoms with E-state index in [9.17, 15) is 4.79 Å². The third kappa shape index (κ3) is 4.02. The molecule has 0 radical (unpaired) electrons. The Morgan fingerprint density at radius 2 is 1.75 bits per heavy atom. The minimum absolute atomic E-state index is 0.0598. The largest absolute Gasteiger partial charge is 0.409 e. The van der Waals surface area contributed by atoms with Gasteiger partial charge in [0, 0.05) is 12.1 Å². The predicted molar refractivity (Wildman–Crippen MR) is 77.8 cm³/mol. The van der Waals surface area contributed by atoms with Crippen molar-refractivity contribution in [1.29, 1.82) is 0 Å².